The molecule has 0 amide bonds. The summed E-state index contributed by atoms with van der Waals surface area (Å²) in [6, 6.07) is 2.68. The van der Waals surface area contributed by atoms with Gasteiger partial charge in [-0.25, -0.2) is 0 Å². The first-order chi connectivity index (χ1) is 11.9. The molecule has 2 heteroatoms. The van der Waals surface area contributed by atoms with Crippen LogP contribution in [-0.2, 0) is 4.79 Å². The molecule has 0 aromatic carbocycles. The van der Waals surface area contributed by atoms with Gasteiger partial charge in [0, 0.05) is 6.42 Å². The molecule has 0 heterocycles. The van der Waals surface area contributed by atoms with Crippen LogP contribution in [0.4, 0.5) is 0 Å². The molecule has 0 aromatic rings. The molecule has 0 bridgehead atoms. The van der Waals surface area contributed by atoms with E-state index in [0.29, 0.717) is 17.6 Å². The van der Waals surface area contributed by atoms with E-state index in [4.69, 9.17) is 0 Å². The second-order valence-electron chi connectivity index (χ2n) is 9.47. The number of nitriles is 1. The van der Waals surface area contributed by atoms with Crippen molar-refractivity contribution in [2.45, 2.75) is 72.1 Å². The van der Waals surface area contributed by atoms with E-state index in [0.717, 1.165) is 38.0 Å². The van der Waals surface area contributed by atoms with Crippen LogP contribution in [0, 0.1) is 45.8 Å². The molecule has 0 aromatic heterocycles. The first kappa shape index (κ1) is 17.1. The van der Waals surface area contributed by atoms with Crippen molar-refractivity contribution >= 4 is 5.78 Å². The smallest absolute Gasteiger partial charge is 0.155 e. The van der Waals surface area contributed by atoms with Gasteiger partial charge in [0.2, 0.25) is 0 Å². The summed E-state index contributed by atoms with van der Waals surface area (Å²) in [4.78, 5) is 11.9. The molecule has 0 aliphatic heterocycles. The van der Waals surface area contributed by atoms with E-state index in [1.807, 2.05) is 6.08 Å². The number of carbonyl (C=O) groups is 1. The summed E-state index contributed by atoms with van der Waals surface area (Å²) in [6.07, 6.45) is 13.0. The molecule has 3 fully saturated rings. The Labute approximate surface area is 152 Å². The third-order valence-corrected chi connectivity index (χ3v) is 8.48. The number of ketones is 1. The van der Waals surface area contributed by atoms with Gasteiger partial charge in [-0.15, -0.1) is 0 Å². The second kappa shape index (κ2) is 5.83. The van der Waals surface area contributed by atoms with Crippen molar-refractivity contribution in [3.8, 4) is 6.07 Å². The first-order valence-electron chi connectivity index (χ1n) is 10.3. The first-order valence-corrected chi connectivity index (χ1v) is 10.3. The van der Waals surface area contributed by atoms with Gasteiger partial charge in [-0.05, 0) is 79.6 Å². The van der Waals surface area contributed by atoms with Gasteiger partial charge in [-0.2, -0.15) is 5.26 Å². The summed E-state index contributed by atoms with van der Waals surface area (Å²) >= 11 is 0. The number of nitrogens with zero attached hydrogens (tertiary/aromatic N) is 1. The van der Waals surface area contributed by atoms with Crippen molar-refractivity contribution in [2.75, 3.05) is 0 Å². The van der Waals surface area contributed by atoms with Gasteiger partial charge in [0.05, 0.1) is 12.0 Å². The summed E-state index contributed by atoms with van der Waals surface area (Å²) in [5.74, 6) is 2.55. The average molecular weight is 338 g/mol. The highest BCUT2D eigenvalue weighted by atomic mass is 16.1. The molecular formula is C23H31NO. The molecule has 0 saturated heterocycles. The molecule has 6 atom stereocenters. The van der Waals surface area contributed by atoms with Gasteiger partial charge < -0.3 is 0 Å². The molecule has 0 spiro atoms. The summed E-state index contributed by atoms with van der Waals surface area (Å²) in [6.45, 7) is 7.02. The average Bonchev–Trinajstić information content (AvgIpc) is 2.87. The Kier molecular flexibility index (Phi) is 3.98. The minimum absolute atomic E-state index is 0.121. The highest BCUT2D eigenvalue weighted by Gasteiger charge is 2.60. The number of hydrogen-bond acceptors (Lipinski definition) is 2. The van der Waals surface area contributed by atoms with Gasteiger partial charge in [0.15, 0.2) is 5.78 Å². The molecule has 25 heavy (non-hydrogen) atoms. The van der Waals surface area contributed by atoms with E-state index in [9.17, 15) is 10.1 Å². The Hall–Kier alpha value is -1.36. The van der Waals surface area contributed by atoms with Gasteiger partial charge >= 0.3 is 0 Å². The Balaban J connectivity index is 1.70. The van der Waals surface area contributed by atoms with Crippen LogP contribution in [-0.4, -0.2) is 5.78 Å². The lowest BCUT2D eigenvalue weighted by molar-refractivity contribution is -0.117. The fraction of sp³-hybridized carbons (Fsp3) is 0.739. The summed E-state index contributed by atoms with van der Waals surface area (Å²) in [5, 5.41) is 9.89. The van der Waals surface area contributed by atoms with Crippen LogP contribution >= 0.6 is 0 Å². The maximum absolute atomic E-state index is 11.9. The zero-order valence-electron chi connectivity index (χ0n) is 16.0. The maximum atomic E-state index is 11.9. The lowest BCUT2D eigenvalue weighted by atomic mass is 9.47. The Morgan fingerprint density at radius 3 is 2.76 bits per heavy atom. The summed E-state index contributed by atoms with van der Waals surface area (Å²) < 4.78 is 0. The van der Waals surface area contributed by atoms with E-state index in [2.05, 4.69) is 32.9 Å². The quantitative estimate of drug-likeness (QED) is 0.584. The third kappa shape index (κ3) is 2.31. The van der Waals surface area contributed by atoms with Gasteiger partial charge in [0.1, 0.15) is 0 Å². The molecule has 3 saturated carbocycles. The minimum atomic E-state index is 0.121. The number of allylic oxidation sites excluding steroid dienone is 3. The molecule has 134 valence electrons. The number of rotatable bonds is 1. The molecule has 0 radical (unpaired) electrons. The predicted octanol–water partition coefficient (Wildman–Crippen LogP) is 5.60. The lowest BCUT2D eigenvalue weighted by Gasteiger charge is -2.57. The van der Waals surface area contributed by atoms with E-state index in [1.165, 1.54) is 30.4 Å². The Morgan fingerprint density at radius 1 is 1.24 bits per heavy atom. The topological polar surface area (TPSA) is 40.9 Å². The lowest BCUT2D eigenvalue weighted by Crippen LogP contribution is -2.50. The van der Waals surface area contributed by atoms with Gasteiger partial charge in [-0.1, -0.05) is 38.0 Å². The largest absolute Gasteiger partial charge is 0.295 e. The van der Waals surface area contributed by atoms with Crippen LogP contribution in [0.2, 0.25) is 0 Å². The number of hydrogen-bond donors (Lipinski definition) is 0. The zero-order valence-corrected chi connectivity index (χ0v) is 16.0. The van der Waals surface area contributed by atoms with Gasteiger partial charge in [-0.3, -0.25) is 4.79 Å². The Morgan fingerprint density at radius 2 is 2.04 bits per heavy atom. The predicted molar refractivity (Wildman–Crippen MR) is 99.6 cm³/mol. The highest BCUT2D eigenvalue weighted by Crippen LogP contribution is 2.67. The SMILES string of the molecule is CCC=C1C[C@H]2[C@@H]3CCC4=CC(=O)CC[C@]4(C)[C@H]3CC[C@]2(C)[C@H]1C#N. The van der Waals surface area contributed by atoms with E-state index in [-0.39, 0.29) is 16.7 Å². The van der Waals surface area contributed by atoms with Crippen LogP contribution in [0.5, 0.6) is 0 Å². The molecule has 0 N–H and O–H groups in total. The van der Waals surface area contributed by atoms with Crippen molar-refractivity contribution in [1.29, 1.82) is 5.26 Å². The van der Waals surface area contributed by atoms with E-state index in [1.54, 1.807) is 0 Å². The molecule has 4 rings (SSSR count). The van der Waals surface area contributed by atoms with Crippen LogP contribution in [0.3, 0.4) is 0 Å². The second-order valence-corrected chi connectivity index (χ2v) is 9.47. The summed E-state index contributed by atoms with van der Waals surface area (Å²) in [7, 11) is 0. The van der Waals surface area contributed by atoms with Crippen molar-refractivity contribution < 1.29 is 4.79 Å². The van der Waals surface area contributed by atoms with Crippen LogP contribution < -0.4 is 0 Å². The van der Waals surface area contributed by atoms with E-state index < -0.39 is 0 Å². The van der Waals surface area contributed by atoms with Crippen molar-refractivity contribution in [3.05, 3.63) is 23.3 Å². The van der Waals surface area contributed by atoms with Crippen LogP contribution in [0.25, 0.3) is 0 Å². The van der Waals surface area contributed by atoms with Crippen LogP contribution in [0.15, 0.2) is 23.3 Å². The van der Waals surface area contributed by atoms with Crippen molar-refractivity contribution in [2.24, 2.45) is 34.5 Å². The van der Waals surface area contributed by atoms with Crippen LogP contribution in [0.1, 0.15) is 72.1 Å². The molecule has 2 nitrogen and oxygen atoms in total. The number of carbonyl (C=O) groups excluding carboxylic acids is 1. The normalized spacial score (nSPS) is 47.5. The highest BCUT2D eigenvalue weighted by molar-refractivity contribution is 5.91. The summed E-state index contributed by atoms with van der Waals surface area (Å²) in [5.41, 5.74) is 3.26. The molecule has 4 aliphatic rings. The third-order valence-electron chi connectivity index (χ3n) is 8.48. The van der Waals surface area contributed by atoms with Crippen molar-refractivity contribution in [3.63, 3.8) is 0 Å². The van der Waals surface area contributed by atoms with E-state index >= 15 is 0 Å². The molecule has 4 aliphatic carbocycles. The fourth-order valence-corrected chi connectivity index (χ4v) is 7.14. The van der Waals surface area contributed by atoms with Crippen molar-refractivity contribution in [1.82, 2.24) is 0 Å². The Bertz CT molecular complexity index is 695. The van der Waals surface area contributed by atoms with Gasteiger partial charge in [0.25, 0.3) is 0 Å². The minimum Gasteiger partial charge on any atom is -0.295 e. The molecule has 0 unspecified atom stereocenters. The standard InChI is InChI=1S/C23H31NO/c1-4-5-15-12-20-18-7-6-16-13-17(25)8-10-22(16,2)19(18)9-11-23(20,3)21(15)14-24/h5,13,18-21H,4,6-12H2,1-3H3/t18-,19+,20+,21+,22+,23+/m1/s1. The monoisotopic (exact) mass is 337 g/mol. The fourth-order valence-electron chi connectivity index (χ4n) is 7.14. The number of fused-ring (bicyclic) bond motifs is 5. The zero-order chi connectivity index (χ0) is 17.8. The maximum Gasteiger partial charge on any atom is 0.155 e. The molecular weight excluding hydrogens is 306 g/mol.